The topological polar surface area (TPSA) is 45.3 Å². The quantitative estimate of drug-likeness (QED) is 0.805. The molecule has 0 saturated carbocycles. The molecule has 5 heteroatoms. The number of nitrogens with zero attached hydrogens (tertiary/aromatic N) is 1. The van der Waals surface area contributed by atoms with Gasteiger partial charge in [-0.25, -0.2) is 0 Å². The van der Waals surface area contributed by atoms with E-state index in [1.807, 2.05) is 6.92 Å². The van der Waals surface area contributed by atoms with E-state index in [1.165, 1.54) is 16.6 Å². The summed E-state index contributed by atoms with van der Waals surface area (Å²) in [5.74, 6) is -0.0630. The molecular weight excluding hydrogens is 332 g/mol. The molecule has 0 amide bonds. The molecule has 3 heterocycles. The highest BCUT2D eigenvalue weighted by Gasteiger charge is 2.38. The van der Waals surface area contributed by atoms with Gasteiger partial charge in [-0.1, -0.05) is 12.1 Å². The zero-order valence-corrected chi connectivity index (χ0v) is 13.4. The zero-order valence-electron chi connectivity index (χ0n) is 11.9. The Balaban J connectivity index is 1.70. The number of para-hydroxylation sites is 1. The number of aromatic nitrogens is 1. The van der Waals surface area contributed by atoms with Gasteiger partial charge in [-0.3, -0.25) is 9.69 Å². The molecule has 1 N–H and O–H groups in total. The monoisotopic (exact) mass is 348 g/mol. The first kappa shape index (κ1) is 13.3. The maximum Gasteiger partial charge on any atom is 0.323 e. The number of fused-ring (bicyclic) bond motifs is 3. The van der Waals surface area contributed by atoms with Crippen LogP contribution in [0.2, 0.25) is 0 Å². The fourth-order valence-electron chi connectivity index (χ4n) is 3.52. The summed E-state index contributed by atoms with van der Waals surface area (Å²) in [6.07, 6.45) is 1.80. The lowest BCUT2D eigenvalue weighted by molar-refractivity contribution is -0.145. The second kappa shape index (κ2) is 4.85. The van der Waals surface area contributed by atoms with Crippen LogP contribution in [0.3, 0.4) is 0 Å². The van der Waals surface area contributed by atoms with Gasteiger partial charge in [0.05, 0.1) is 5.52 Å². The number of hydrogen-bond donors (Lipinski definition) is 1. The van der Waals surface area contributed by atoms with Gasteiger partial charge in [-0.15, -0.1) is 0 Å². The predicted octanol–water partition coefficient (Wildman–Crippen LogP) is 2.99. The number of cyclic esters (lactones) is 1. The average molecular weight is 349 g/mol. The number of halogens is 1. The van der Waals surface area contributed by atoms with Crippen LogP contribution in [0.4, 0.5) is 0 Å². The lowest BCUT2D eigenvalue weighted by Crippen LogP contribution is -2.41. The van der Waals surface area contributed by atoms with Crippen LogP contribution in [0.15, 0.2) is 22.7 Å². The highest BCUT2D eigenvalue weighted by Crippen LogP contribution is 2.33. The van der Waals surface area contributed by atoms with Crippen LogP contribution in [-0.4, -0.2) is 34.5 Å². The number of carbonyl (C=O) groups is 1. The molecule has 2 aromatic rings. The summed E-state index contributed by atoms with van der Waals surface area (Å²) in [5, 5.41) is 1.25. The van der Waals surface area contributed by atoms with Crippen molar-refractivity contribution in [2.45, 2.75) is 38.5 Å². The molecule has 0 radical (unpaired) electrons. The van der Waals surface area contributed by atoms with Crippen molar-refractivity contribution in [3.8, 4) is 0 Å². The Kier molecular flexibility index (Phi) is 3.08. The molecule has 0 aliphatic carbocycles. The fourth-order valence-corrected chi connectivity index (χ4v) is 3.99. The third-order valence-corrected chi connectivity index (χ3v) is 5.24. The van der Waals surface area contributed by atoms with Crippen LogP contribution in [0.5, 0.6) is 0 Å². The van der Waals surface area contributed by atoms with Crippen molar-refractivity contribution in [3.05, 3.63) is 33.9 Å². The number of aromatic amines is 1. The minimum atomic E-state index is -0.0785. The van der Waals surface area contributed by atoms with E-state index >= 15 is 0 Å². The number of H-pyrrole nitrogens is 1. The van der Waals surface area contributed by atoms with Crippen LogP contribution in [0.25, 0.3) is 10.9 Å². The number of carbonyl (C=O) groups excluding carboxylic acids is 1. The molecular formula is C16H17BrN2O2. The molecule has 1 aromatic heterocycles. The number of rotatable bonds is 1. The Hall–Kier alpha value is -1.33. The summed E-state index contributed by atoms with van der Waals surface area (Å²) in [6, 6.07) is 6.18. The van der Waals surface area contributed by atoms with Crippen LogP contribution < -0.4 is 0 Å². The molecule has 4 nitrogen and oxygen atoms in total. The van der Waals surface area contributed by atoms with Crippen LogP contribution in [0, 0.1) is 0 Å². The van der Waals surface area contributed by atoms with Crippen molar-refractivity contribution < 1.29 is 9.53 Å². The van der Waals surface area contributed by atoms with Gasteiger partial charge < -0.3 is 9.72 Å². The van der Waals surface area contributed by atoms with Gasteiger partial charge in [-0.05, 0) is 34.5 Å². The number of nitrogens with one attached hydrogen (secondary N) is 1. The summed E-state index contributed by atoms with van der Waals surface area (Å²) in [6.45, 7) is 3.69. The van der Waals surface area contributed by atoms with E-state index in [-0.39, 0.29) is 18.1 Å². The largest absolute Gasteiger partial charge is 0.461 e. The third-order valence-electron chi connectivity index (χ3n) is 4.57. The number of esters is 1. The Morgan fingerprint density at radius 1 is 1.43 bits per heavy atom. The van der Waals surface area contributed by atoms with E-state index in [4.69, 9.17) is 4.74 Å². The maximum absolute atomic E-state index is 12.0. The first-order valence-corrected chi connectivity index (χ1v) is 8.15. The second-order valence-corrected chi connectivity index (χ2v) is 6.82. The summed E-state index contributed by atoms with van der Waals surface area (Å²) in [5.41, 5.74) is 3.78. The smallest absolute Gasteiger partial charge is 0.323 e. The first-order valence-electron chi connectivity index (χ1n) is 7.36. The highest BCUT2D eigenvalue weighted by molar-refractivity contribution is 9.10. The molecule has 21 heavy (non-hydrogen) atoms. The number of hydrogen-bond acceptors (Lipinski definition) is 3. The molecule has 1 aromatic carbocycles. The minimum absolute atomic E-state index is 0.0426. The maximum atomic E-state index is 12.0. The molecule has 0 unspecified atom stereocenters. The first-order chi connectivity index (χ1) is 10.1. The van der Waals surface area contributed by atoms with E-state index in [1.54, 1.807) is 0 Å². The van der Waals surface area contributed by atoms with E-state index < -0.39 is 0 Å². The minimum Gasteiger partial charge on any atom is -0.461 e. The van der Waals surface area contributed by atoms with Crippen LogP contribution in [0.1, 0.15) is 24.6 Å². The summed E-state index contributed by atoms with van der Waals surface area (Å²) in [7, 11) is 0. The summed E-state index contributed by atoms with van der Waals surface area (Å²) >= 11 is 3.60. The highest BCUT2D eigenvalue weighted by atomic mass is 79.9. The molecule has 2 aliphatic heterocycles. The number of benzene rings is 1. The second-order valence-electron chi connectivity index (χ2n) is 5.96. The Morgan fingerprint density at radius 3 is 3.05 bits per heavy atom. The Bertz CT molecular complexity index is 724. The molecule has 0 bridgehead atoms. The normalized spacial score (nSPS) is 26.1. The summed E-state index contributed by atoms with van der Waals surface area (Å²) < 4.78 is 6.40. The molecule has 2 atom stereocenters. The average Bonchev–Trinajstić information content (AvgIpc) is 2.99. The van der Waals surface area contributed by atoms with Crippen molar-refractivity contribution in [2.24, 2.45) is 0 Å². The lowest BCUT2D eigenvalue weighted by Gasteiger charge is -2.30. The predicted molar refractivity (Wildman–Crippen MR) is 84.1 cm³/mol. The van der Waals surface area contributed by atoms with Crippen LogP contribution in [-0.2, 0) is 22.5 Å². The number of ether oxygens (including phenoxy) is 1. The van der Waals surface area contributed by atoms with Crippen molar-refractivity contribution in [1.29, 1.82) is 0 Å². The van der Waals surface area contributed by atoms with Gasteiger partial charge in [-0.2, -0.15) is 0 Å². The Labute approximate surface area is 131 Å². The molecule has 4 rings (SSSR count). The lowest BCUT2D eigenvalue weighted by atomic mass is 10.0. The Morgan fingerprint density at radius 2 is 2.29 bits per heavy atom. The van der Waals surface area contributed by atoms with Gasteiger partial charge in [0.25, 0.3) is 0 Å². The standard InChI is InChI=1S/C16H17BrN2O2/c1-9-7-14(16(20)21-9)19-6-5-13-11(8-19)10-3-2-4-12(17)15(10)18-13/h2-4,9,14,18H,5-8H2,1H3/t9-,14-/m0/s1. The van der Waals surface area contributed by atoms with Crippen molar-refractivity contribution in [1.82, 2.24) is 9.88 Å². The molecule has 0 spiro atoms. The van der Waals surface area contributed by atoms with E-state index in [2.05, 4.69) is 44.0 Å². The molecule has 110 valence electrons. The van der Waals surface area contributed by atoms with Gasteiger partial charge in [0.2, 0.25) is 0 Å². The van der Waals surface area contributed by atoms with E-state index in [9.17, 15) is 4.79 Å². The van der Waals surface area contributed by atoms with Crippen molar-refractivity contribution in [3.63, 3.8) is 0 Å². The molecule has 2 aliphatic rings. The summed E-state index contributed by atoms with van der Waals surface area (Å²) in [4.78, 5) is 17.8. The SMILES string of the molecule is C[C@H]1C[C@H](N2CCc3[nH]c4c(Br)cccc4c3C2)C(=O)O1. The zero-order chi connectivity index (χ0) is 14.6. The van der Waals surface area contributed by atoms with Gasteiger partial charge in [0.15, 0.2) is 0 Å². The fraction of sp³-hybridized carbons (Fsp3) is 0.438. The molecule has 1 fully saturated rings. The van der Waals surface area contributed by atoms with Gasteiger partial charge in [0.1, 0.15) is 12.1 Å². The van der Waals surface area contributed by atoms with Crippen molar-refractivity contribution >= 4 is 32.8 Å². The van der Waals surface area contributed by atoms with E-state index in [0.717, 1.165) is 35.9 Å². The molecule has 1 saturated heterocycles. The van der Waals surface area contributed by atoms with Crippen LogP contribution >= 0.6 is 15.9 Å². The third kappa shape index (κ3) is 2.10. The van der Waals surface area contributed by atoms with Gasteiger partial charge in [0, 0.05) is 41.5 Å². The van der Waals surface area contributed by atoms with Crippen molar-refractivity contribution in [2.75, 3.05) is 6.54 Å². The van der Waals surface area contributed by atoms with E-state index in [0.29, 0.717) is 0 Å². The van der Waals surface area contributed by atoms with Gasteiger partial charge >= 0.3 is 5.97 Å².